The minimum atomic E-state index is -0.196. The van der Waals surface area contributed by atoms with Crippen molar-refractivity contribution in [3.8, 4) is 11.4 Å². The predicted molar refractivity (Wildman–Crippen MR) is 143 cm³/mol. The zero-order valence-corrected chi connectivity index (χ0v) is 20.8. The molecule has 4 rings (SSSR count). The van der Waals surface area contributed by atoms with E-state index in [9.17, 15) is 9.59 Å². The van der Waals surface area contributed by atoms with Gasteiger partial charge in [-0.3, -0.25) is 14.2 Å². The number of rotatable bonds is 9. The average molecular weight is 489 g/mol. The van der Waals surface area contributed by atoms with Crippen LogP contribution >= 0.6 is 11.8 Å². The summed E-state index contributed by atoms with van der Waals surface area (Å²) in [5, 5.41) is 3.88. The molecule has 1 amide bonds. The molecule has 35 heavy (non-hydrogen) atoms. The minimum absolute atomic E-state index is 0.104. The standard InChI is InChI=1S/C27H28N4O3S/c1-4-30(5-2)20-15-13-19(14-16-20)28-25(32)18-35-27-29-24-12-7-6-11-23(24)26(33)31(27)21-9-8-10-22(17-21)34-3/h6-17H,4-5,18H2,1-3H3,(H,28,32). The summed E-state index contributed by atoms with van der Waals surface area (Å²) in [7, 11) is 1.58. The molecule has 0 bridgehead atoms. The number of hydrogen-bond donors (Lipinski definition) is 1. The first-order valence-corrected chi connectivity index (χ1v) is 12.5. The Morgan fingerprint density at radius 1 is 1.03 bits per heavy atom. The van der Waals surface area contributed by atoms with Gasteiger partial charge in [0.2, 0.25) is 5.91 Å². The van der Waals surface area contributed by atoms with E-state index in [-0.39, 0.29) is 17.2 Å². The van der Waals surface area contributed by atoms with Crippen LogP contribution in [0.1, 0.15) is 13.8 Å². The second-order valence-electron chi connectivity index (χ2n) is 7.81. The fraction of sp³-hybridized carbons (Fsp3) is 0.222. The van der Waals surface area contributed by atoms with Gasteiger partial charge >= 0.3 is 0 Å². The molecule has 0 aliphatic heterocycles. The van der Waals surface area contributed by atoms with Crippen molar-refractivity contribution in [2.24, 2.45) is 0 Å². The van der Waals surface area contributed by atoms with Crippen molar-refractivity contribution in [3.63, 3.8) is 0 Å². The average Bonchev–Trinajstić information content (AvgIpc) is 2.89. The third kappa shape index (κ3) is 5.49. The second kappa shape index (κ2) is 11.1. The summed E-state index contributed by atoms with van der Waals surface area (Å²) < 4.78 is 6.87. The fourth-order valence-corrected chi connectivity index (χ4v) is 4.67. The number of anilines is 2. The zero-order chi connectivity index (χ0) is 24.8. The maximum atomic E-state index is 13.4. The number of nitrogens with one attached hydrogen (secondary N) is 1. The van der Waals surface area contributed by atoms with E-state index in [1.54, 1.807) is 25.3 Å². The van der Waals surface area contributed by atoms with Crippen molar-refractivity contribution in [1.29, 1.82) is 0 Å². The largest absolute Gasteiger partial charge is 0.497 e. The quantitative estimate of drug-likeness (QED) is 0.265. The summed E-state index contributed by atoms with van der Waals surface area (Å²) in [5.74, 6) is 0.557. The number of ether oxygens (including phenoxy) is 1. The monoisotopic (exact) mass is 488 g/mol. The smallest absolute Gasteiger partial charge is 0.266 e. The summed E-state index contributed by atoms with van der Waals surface area (Å²) in [6, 6.07) is 22.2. The van der Waals surface area contributed by atoms with Gasteiger partial charge in [-0.15, -0.1) is 0 Å². The van der Waals surface area contributed by atoms with Crippen LogP contribution in [0.2, 0.25) is 0 Å². The Balaban J connectivity index is 1.58. The van der Waals surface area contributed by atoms with Crippen LogP contribution in [-0.4, -0.2) is 41.4 Å². The van der Waals surface area contributed by atoms with Gasteiger partial charge in [0.15, 0.2) is 5.16 Å². The molecule has 180 valence electrons. The van der Waals surface area contributed by atoms with E-state index in [0.29, 0.717) is 27.5 Å². The SMILES string of the molecule is CCN(CC)c1ccc(NC(=O)CSc2nc3ccccc3c(=O)n2-c2cccc(OC)c2)cc1. The third-order valence-electron chi connectivity index (χ3n) is 5.67. The topological polar surface area (TPSA) is 76.5 Å². The van der Waals surface area contributed by atoms with Crippen LogP contribution in [0.3, 0.4) is 0 Å². The first kappa shape index (κ1) is 24.3. The Hall–Kier alpha value is -3.78. The Kier molecular flexibility index (Phi) is 7.72. The van der Waals surface area contributed by atoms with E-state index in [2.05, 4.69) is 24.1 Å². The summed E-state index contributed by atoms with van der Waals surface area (Å²) in [6.07, 6.45) is 0. The molecule has 4 aromatic rings. The maximum absolute atomic E-state index is 13.4. The molecule has 1 heterocycles. The fourth-order valence-electron chi connectivity index (χ4n) is 3.86. The molecule has 0 unspecified atom stereocenters. The molecule has 0 saturated heterocycles. The number of para-hydroxylation sites is 1. The highest BCUT2D eigenvalue weighted by Gasteiger charge is 2.15. The highest BCUT2D eigenvalue weighted by Crippen LogP contribution is 2.24. The Morgan fingerprint density at radius 3 is 2.49 bits per heavy atom. The van der Waals surface area contributed by atoms with Gasteiger partial charge in [-0.1, -0.05) is 30.0 Å². The summed E-state index contributed by atoms with van der Waals surface area (Å²) in [4.78, 5) is 33.1. The number of hydrogen-bond acceptors (Lipinski definition) is 6. The first-order valence-electron chi connectivity index (χ1n) is 11.5. The third-order valence-corrected chi connectivity index (χ3v) is 6.61. The molecule has 0 spiro atoms. The number of amides is 1. The molecular weight excluding hydrogens is 460 g/mol. The lowest BCUT2D eigenvalue weighted by atomic mass is 10.2. The highest BCUT2D eigenvalue weighted by atomic mass is 32.2. The van der Waals surface area contributed by atoms with E-state index in [1.165, 1.54) is 16.3 Å². The van der Waals surface area contributed by atoms with E-state index in [0.717, 1.165) is 24.5 Å². The van der Waals surface area contributed by atoms with Crippen LogP contribution < -0.4 is 20.5 Å². The number of aromatic nitrogens is 2. The van der Waals surface area contributed by atoms with Crippen molar-refractivity contribution in [1.82, 2.24) is 9.55 Å². The van der Waals surface area contributed by atoms with Crippen molar-refractivity contribution < 1.29 is 9.53 Å². The van der Waals surface area contributed by atoms with Crippen molar-refractivity contribution >= 4 is 39.9 Å². The number of benzene rings is 3. The van der Waals surface area contributed by atoms with Gasteiger partial charge < -0.3 is 15.0 Å². The Labute approximate surface area is 208 Å². The molecule has 7 nitrogen and oxygen atoms in total. The molecule has 0 fully saturated rings. The van der Waals surface area contributed by atoms with Crippen LogP contribution in [0, 0.1) is 0 Å². The summed E-state index contributed by atoms with van der Waals surface area (Å²) >= 11 is 1.22. The molecule has 8 heteroatoms. The van der Waals surface area contributed by atoms with Gasteiger partial charge in [-0.05, 0) is 62.4 Å². The maximum Gasteiger partial charge on any atom is 0.266 e. The highest BCUT2D eigenvalue weighted by molar-refractivity contribution is 7.99. The van der Waals surface area contributed by atoms with Crippen molar-refractivity contribution in [2.45, 2.75) is 19.0 Å². The van der Waals surface area contributed by atoms with Crippen molar-refractivity contribution in [2.75, 3.05) is 36.2 Å². The lowest BCUT2D eigenvalue weighted by Crippen LogP contribution is -2.23. The van der Waals surface area contributed by atoms with Gasteiger partial charge in [-0.2, -0.15) is 0 Å². The number of carbonyl (C=O) groups excluding carboxylic acids is 1. The molecule has 0 atom stereocenters. The second-order valence-corrected chi connectivity index (χ2v) is 8.75. The summed E-state index contributed by atoms with van der Waals surface area (Å²) in [5.41, 5.74) is 2.86. The van der Waals surface area contributed by atoms with E-state index in [1.807, 2.05) is 54.6 Å². The van der Waals surface area contributed by atoms with Crippen molar-refractivity contribution in [3.05, 3.63) is 83.2 Å². The Morgan fingerprint density at radius 2 is 1.77 bits per heavy atom. The lowest BCUT2D eigenvalue weighted by molar-refractivity contribution is -0.113. The zero-order valence-electron chi connectivity index (χ0n) is 20.0. The molecule has 0 radical (unpaired) electrons. The van der Waals surface area contributed by atoms with Crippen LogP contribution in [0.15, 0.2) is 82.7 Å². The van der Waals surface area contributed by atoms with Crippen LogP contribution in [-0.2, 0) is 4.79 Å². The lowest BCUT2D eigenvalue weighted by Gasteiger charge is -2.21. The van der Waals surface area contributed by atoms with Crippen LogP contribution in [0.25, 0.3) is 16.6 Å². The van der Waals surface area contributed by atoms with E-state index >= 15 is 0 Å². The number of thioether (sulfide) groups is 1. The number of fused-ring (bicyclic) bond motifs is 1. The minimum Gasteiger partial charge on any atom is -0.497 e. The molecule has 1 N–H and O–H groups in total. The van der Waals surface area contributed by atoms with E-state index < -0.39 is 0 Å². The van der Waals surface area contributed by atoms with E-state index in [4.69, 9.17) is 9.72 Å². The Bertz CT molecular complexity index is 1380. The van der Waals surface area contributed by atoms with Gasteiger partial charge in [0, 0.05) is 30.5 Å². The predicted octanol–water partition coefficient (Wildman–Crippen LogP) is 4.97. The normalized spacial score (nSPS) is 10.8. The van der Waals surface area contributed by atoms with Gasteiger partial charge in [0.1, 0.15) is 5.75 Å². The summed E-state index contributed by atoms with van der Waals surface area (Å²) in [6.45, 7) is 6.07. The van der Waals surface area contributed by atoms with Gasteiger partial charge in [0.05, 0.1) is 29.5 Å². The van der Waals surface area contributed by atoms with Gasteiger partial charge in [-0.25, -0.2) is 4.98 Å². The van der Waals surface area contributed by atoms with Crippen LogP contribution in [0.5, 0.6) is 5.75 Å². The molecule has 0 saturated carbocycles. The van der Waals surface area contributed by atoms with Crippen LogP contribution in [0.4, 0.5) is 11.4 Å². The molecular formula is C27H28N4O3S. The molecule has 0 aliphatic rings. The number of carbonyl (C=O) groups is 1. The molecule has 0 aliphatic carbocycles. The first-order chi connectivity index (χ1) is 17.0. The molecule has 3 aromatic carbocycles. The van der Waals surface area contributed by atoms with Gasteiger partial charge in [0.25, 0.3) is 5.56 Å². The number of methoxy groups -OCH3 is 1. The molecule has 1 aromatic heterocycles. The number of nitrogens with zero attached hydrogens (tertiary/aromatic N) is 3.